The second-order valence-electron chi connectivity index (χ2n) is 6.24. The minimum absolute atomic E-state index is 0. The third-order valence-corrected chi connectivity index (χ3v) is 5.08. The molecule has 0 bridgehead atoms. The van der Waals surface area contributed by atoms with Crippen molar-refractivity contribution >= 4 is 17.7 Å². The number of carboxylic acids is 1. The molecule has 0 heterocycles. The van der Waals surface area contributed by atoms with Gasteiger partial charge in [0.2, 0.25) is 0 Å². The smallest absolute Gasteiger partial charge is 0.0517 e. The fraction of sp³-hybridized carbons (Fsp3) is 0.650. The fourth-order valence-electron chi connectivity index (χ4n) is 2.71. The number of aryl methyl sites for hydroxylation is 1. The highest BCUT2D eigenvalue weighted by Crippen LogP contribution is 2.19. The quantitative estimate of drug-likeness (QED) is 0.361. The van der Waals surface area contributed by atoms with Crippen molar-refractivity contribution in [1.82, 2.24) is 6.15 Å². The predicted octanol–water partition coefficient (Wildman–Crippen LogP) is 5.37. The average Bonchev–Trinajstić information content (AvgIpc) is 2.55. The van der Waals surface area contributed by atoms with Gasteiger partial charge in [-0.05, 0) is 30.5 Å². The van der Waals surface area contributed by atoms with E-state index in [9.17, 15) is 9.90 Å². The van der Waals surface area contributed by atoms with Gasteiger partial charge in [0.15, 0.2) is 0 Å². The lowest BCUT2D eigenvalue weighted by atomic mass is 10.0. The lowest BCUT2D eigenvalue weighted by Crippen LogP contribution is -2.24. The van der Waals surface area contributed by atoms with E-state index in [4.69, 9.17) is 0 Å². The molecule has 24 heavy (non-hydrogen) atoms. The summed E-state index contributed by atoms with van der Waals surface area (Å²) in [6.45, 7) is 2.26. The summed E-state index contributed by atoms with van der Waals surface area (Å²) in [6, 6.07) is 8.26. The summed E-state index contributed by atoms with van der Waals surface area (Å²) in [5.41, 5.74) is 1.35. The van der Waals surface area contributed by atoms with Gasteiger partial charge in [-0.2, -0.15) is 0 Å². The number of carbonyl (C=O) groups is 1. The number of carbonyl (C=O) groups excluding carboxylic acids is 1. The minimum Gasteiger partial charge on any atom is -0.549 e. The molecule has 0 fully saturated rings. The van der Waals surface area contributed by atoms with E-state index in [1.165, 1.54) is 81.5 Å². The Hall–Kier alpha value is -1.00. The van der Waals surface area contributed by atoms with E-state index in [-0.39, 0.29) is 11.9 Å². The van der Waals surface area contributed by atoms with Gasteiger partial charge in [-0.25, -0.2) is 0 Å². The van der Waals surface area contributed by atoms with Crippen LogP contribution in [0.5, 0.6) is 0 Å². The molecule has 0 atom stereocenters. The number of benzene rings is 1. The summed E-state index contributed by atoms with van der Waals surface area (Å²) in [5.74, 6) is -0.984. The Balaban J connectivity index is 0.00000529. The maximum Gasteiger partial charge on any atom is 0.0517 e. The number of hydrogen-bond donors (Lipinski definition) is 1. The highest BCUT2D eigenvalue weighted by molar-refractivity contribution is 8.00. The van der Waals surface area contributed by atoms with Crippen LogP contribution in [0.4, 0.5) is 0 Å². The van der Waals surface area contributed by atoms with E-state index >= 15 is 0 Å². The average molecular weight is 354 g/mol. The van der Waals surface area contributed by atoms with Gasteiger partial charge in [-0.15, -0.1) is 11.8 Å². The molecule has 0 unspecified atom stereocenters. The minimum atomic E-state index is -1.01. The van der Waals surface area contributed by atoms with Crippen LogP contribution in [-0.2, 0) is 11.2 Å². The SMILES string of the molecule is CCCCCCCCCCCCc1ccc(SCC(=O)[O-])cc1.[NH4+]. The Kier molecular flexibility index (Phi) is 14.9. The van der Waals surface area contributed by atoms with E-state index in [1.54, 1.807) is 0 Å². The van der Waals surface area contributed by atoms with Crippen molar-refractivity contribution < 1.29 is 9.90 Å². The van der Waals surface area contributed by atoms with E-state index in [0.717, 1.165) is 11.3 Å². The molecule has 1 aromatic carbocycles. The van der Waals surface area contributed by atoms with Crippen LogP contribution >= 0.6 is 11.8 Å². The molecule has 0 radical (unpaired) electrons. The first-order chi connectivity index (χ1) is 11.2. The lowest BCUT2D eigenvalue weighted by molar-refractivity contribution is -0.301. The summed E-state index contributed by atoms with van der Waals surface area (Å²) in [5, 5.41) is 10.4. The zero-order chi connectivity index (χ0) is 16.8. The molecule has 0 aliphatic carbocycles. The van der Waals surface area contributed by atoms with Crippen LogP contribution in [0.25, 0.3) is 0 Å². The molecule has 1 aromatic rings. The number of hydrogen-bond acceptors (Lipinski definition) is 3. The van der Waals surface area contributed by atoms with E-state index in [0.29, 0.717) is 0 Å². The Morgan fingerprint density at radius 1 is 0.875 bits per heavy atom. The largest absolute Gasteiger partial charge is 0.549 e. The van der Waals surface area contributed by atoms with Crippen LogP contribution in [0.1, 0.15) is 76.7 Å². The Morgan fingerprint density at radius 2 is 1.38 bits per heavy atom. The highest BCUT2D eigenvalue weighted by atomic mass is 32.2. The first-order valence-corrected chi connectivity index (χ1v) is 10.1. The van der Waals surface area contributed by atoms with Gasteiger partial charge < -0.3 is 16.1 Å². The molecule has 4 N–H and O–H groups in total. The lowest BCUT2D eigenvalue weighted by Gasteiger charge is -2.05. The number of thioether (sulfide) groups is 1. The zero-order valence-corrected chi connectivity index (χ0v) is 16.3. The Morgan fingerprint density at radius 3 is 1.88 bits per heavy atom. The number of aliphatic carboxylic acids is 1. The van der Waals surface area contributed by atoms with Crippen LogP contribution in [0.15, 0.2) is 29.2 Å². The second kappa shape index (κ2) is 15.5. The standard InChI is InChI=1S/C20H32O2S.H3N/c1-2-3-4-5-6-7-8-9-10-11-12-18-13-15-19(16-14-18)23-17-20(21)22;/h13-16H,2-12,17H2,1H3,(H,21,22);1H3. The van der Waals surface area contributed by atoms with Crippen molar-refractivity contribution in [3.63, 3.8) is 0 Å². The van der Waals surface area contributed by atoms with Crippen molar-refractivity contribution in [3.8, 4) is 0 Å². The highest BCUT2D eigenvalue weighted by Gasteiger charge is 1.97. The molecule has 0 saturated carbocycles. The van der Waals surface area contributed by atoms with Crippen LogP contribution in [0.3, 0.4) is 0 Å². The van der Waals surface area contributed by atoms with Gasteiger partial charge in [0.25, 0.3) is 0 Å². The molecule has 0 spiro atoms. The predicted molar refractivity (Wildman–Crippen MR) is 104 cm³/mol. The zero-order valence-electron chi connectivity index (χ0n) is 15.5. The first kappa shape index (κ1) is 23.0. The van der Waals surface area contributed by atoms with Crippen LogP contribution in [0, 0.1) is 0 Å². The molecule has 0 aromatic heterocycles. The number of rotatable bonds is 14. The van der Waals surface area contributed by atoms with E-state index in [1.807, 2.05) is 12.1 Å². The van der Waals surface area contributed by atoms with E-state index < -0.39 is 5.97 Å². The fourth-order valence-corrected chi connectivity index (χ4v) is 3.32. The molecule has 0 saturated heterocycles. The maximum absolute atomic E-state index is 10.4. The normalized spacial score (nSPS) is 10.4. The molecule has 3 nitrogen and oxygen atoms in total. The topological polar surface area (TPSA) is 76.6 Å². The number of carboxylic acid groups (broad SMARTS) is 1. The van der Waals surface area contributed by atoms with Crippen molar-refractivity contribution in [1.29, 1.82) is 0 Å². The maximum atomic E-state index is 10.4. The van der Waals surface area contributed by atoms with Crippen LogP contribution in [-0.4, -0.2) is 11.7 Å². The molecule has 0 aliphatic rings. The third kappa shape index (κ3) is 12.4. The van der Waals surface area contributed by atoms with Gasteiger partial charge in [-0.3, -0.25) is 0 Å². The summed E-state index contributed by atoms with van der Waals surface area (Å²) >= 11 is 1.32. The summed E-state index contributed by atoms with van der Waals surface area (Å²) in [6.07, 6.45) is 14.8. The van der Waals surface area contributed by atoms with Crippen molar-refractivity contribution in [2.24, 2.45) is 0 Å². The van der Waals surface area contributed by atoms with Gasteiger partial charge in [0.05, 0.1) is 5.97 Å². The Labute approximate surface area is 152 Å². The van der Waals surface area contributed by atoms with Crippen molar-refractivity contribution in [2.45, 2.75) is 82.4 Å². The third-order valence-electron chi connectivity index (χ3n) is 4.10. The summed E-state index contributed by atoms with van der Waals surface area (Å²) in [7, 11) is 0. The summed E-state index contributed by atoms with van der Waals surface area (Å²) in [4.78, 5) is 11.4. The van der Waals surface area contributed by atoms with Gasteiger partial charge >= 0.3 is 0 Å². The molecular formula is C20H35NO2S. The molecule has 0 aliphatic heterocycles. The second-order valence-corrected chi connectivity index (χ2v) is 7.29. The molecule has 4 heteroatoms. The van der Waals surface area contributed by atoms with Crippen molar-refractivity contribution in [3.05, 3.63) is 29.8 Å². The van der Waals surface area contributed by atoms with Gasteiger partial charge in [0, 0.05) is 10.6 Å². The number of unbranched alkanes of at least 4 members (excludes halogenated alkanes) is 9. The molecule has 1 rings (SSSR count). The molecule has 0 amide bonds. The first-order valence-electron chi connectivity index (χ1n) is 9.14. The molecule has 138 valence electrons. The molecular weight excluding hydrogens is 318 g/mol. The van der Waals surface area contributed by atoms with Crippen LogP contribution < -0.4 is 11.3 Å². The number of quaternary nitrogens is 1. The van der Waals surface area contributed by atoms with E-state index in [2.05, 4.69) is 19.1 Å². The van der Waals surface area contributed by atoms with Gasteiger partial charge in [-0.1, -0.05) is 76.8 Å². The Bertz CT molecular complexity index is 420. The van der Waals surface area contributed by atoms with Crippen LogP contribution in [0.2, 0.25) is 0 Å². The van der Waals surface area contributed by atoms with Gasteiger partial charge in [0.1, 0.15) is 0 Å². The monoisotopic (exact) mass is 353 g/mol. The summed E-state index contributed by atoms with van der Waals surface area (Å²) < 4.78 is 0. The van der Waals surface area contributed by atoms with Crippen molar-refractivity contribution in [2.75, 3.05) is 5.75 Å².